The number of nitrogens with one attached hydrogen (secondary N) is 2. The number of hydrogen-bond donors (Lipinski definition) is 3. The number of carbonyl (C=O) groups is 1. The van der Waals surface area contributed by atoms with Crippen molar-refractivity contribution in [3.8, 4) is 0 Å². The Kier molecular flexibility index (Phi) is 4.37. The SMILES string of the molecule is Cc1cc(C(C)(O)CNC(=O)NCc2ccco2)c(C)o1. The summed E-state index contributed by atoms with van der Waals surface area (Å²) in [5.74, 6) is 2.04. The van der Waals surface area contributed by atoms with Crippen LogP contribution in [0.3, 0.4) is 0 Å². The van der Waals surface area contributed by atoms with Crippen molar-refractivity contribution >= 4 is 6.03 Å². The fraction of sp³-hybridized carbons (Fsp3) is 0.400. The van der Waals surface area contributed by atoms with Gasteiger partial charge in [0.05, 0.1) is 19.4 Å². The zero-order valence-electron chi connectivity index (χ0n) is 12.4. The molecule has 0 saturated heterocycles. The summed E-state index contributed by atoms with van der Waals surface area (Å²) < 4.78 is 10.5. The minimum atomic E-state index is -1.19. The summed E-state index contributed by atoms with van der Waals surface area (Å²) in [5, 5.41) is 15.7. The molecule has 2 rings (SSSR count). The lowest BCUT2D eigenvalue weighted by Gasteiger charge is -2.23. The van der Waals surface area contributed by atoms with Crippen molar-refractivity contribution in [2.75, 3.05) is 6.54 Å². The highest BCUT2D eigenvalue weighted by molar-refractivity contribution is 5.73. The minimum Gasteiger partial charge on any atom is -0.467 e. The highest BCUT2D eigenvalue weighted by Crippen LogP contribution is 2.26. The molecule has 0 aromatic carbocycles. The summed E-state index contributed by atoms with van der Waals surface area (Å²) >= 11 is 0. The molecule has 2 heterocycles. The lowest BCUT2D eigenvalue weighted by molar-refractivity contribution is 0.0578. The first-order valence-corrected chi connectivity index (χ1v) is 6.72. The van der Waals surface area contributed by atoms with E-state index in [4.69, 9.17) is 8.83 Å². The van der Waals surface area contributed by atoms with Crippen molar-refractivity contribution in [1.82, 2.24) is 10.6 Å². The van der Waals surface area contributed by atoms with E-state index in [1.165, 1.54) is 0 Å². The third-order valence-corrected chi connectivity index (χ3v) is 3.22. The maximum Gasteiger partial charge on any atom is 0.315 e. The predicted molar refractivity (Wildman–Crippen MR) is 76.7 cm³/mol. The Bertz CT molecular complexity index is 599. The first-order chi connectivity index (χ1) is 9.88. The molecule has 3 N–H and O–H groups in total. The first-order valence-electron chi connectivity index (χ1n) is 6.72. The van der Waals surface area contributed by atoms with Gasteiger partial charge in [0.1, 0.15) is 22.9 Å². The zero-order valence-corrected chi connectivity index (χ0v) is 12.4. The second-order valence-corrected chi connectivity index (χ2v) is 5.22. The summed E-state index contributed by atoms with van der Waals surface area (Å²) in [5.41, 5.74) is -0.518. The van der Waals surface area contributed by atoms with Gasteiger partial charge in [0, 0.05) is 5.56 Å². The van der Waals surface area contributed by atoms with Crippen LogP contribution in [0.1, 0.15) is 29.8 Å². The van der Waals surface area contributed by atoms with Crippen LogP contribution in [0.5, 0.6) is 0 Å². The van der Waals surface area contributed by atoms with Gasteiger partial charge in [0.2, 0.25) is 0 Å². The normalized spacial score (nSPS) is 13.7. The van der Waals surface area contributed by atoms with Crippen LogP contribution in [0.2, 0.25) is 0 Å². The lowest BCUT2D eigenvalue weighted by atomic mass is 9.96. The standard InChI is InChI=1S/C15H20N2O4/c1-10-7-13(11(2)21-10)15(3,19)9-17-14(18)16-8-12-5-4-6-20-12/h4-7,19H,8-9H2,1-3H3,(H2,16,17,18). The molecule has 0 aliphatic carbocycles. The molecule has 0 aliphatic rings. The number of rotatable bonds is 5. The molecule has 0 aliphatic heterocycles. The van der Waals surface area contributed by atoms with Crippen molar-refractivity contribution < 1.29 is 18.7 Å². The van der Waals surface area contributed by atoms with Crippen LogP contribution in [0, 0.1) is 13.8 Å². The lowest BCUT2D eigenvalue weighted by Crippen LogP contribution is -2.43. The zero-order chi connectivity index (χ0) is 15.5. The van der Waals surface area contributed by atoms with E-state index in [2.05, 4.69) is 10.6 Å². The topological polar surface area (TPSA) is 87.6 Å². The van der Waals surface area contributed by atoms with Crippen molar-refractivity contribution in [2.24, 2.45) is 0 Å². The van der Waals surface area contributed by atoms with E-state index in [0.29, 0.717) is 23.6 Å². The second kappa shape index (κ2) is 6.05. The predicted octanol–water partition coefficient (Wildman–Crippen LogP) is 2.20. The number of carbonyl (C=O) groups excluding carboxylic acids is 1. The van der Waals surface area contributed by atoms with Gasteiger partial charge in [-0.1, -0.05) is 0 Å². The molecule has 0 fully saturated rings. The van der Waals surface area contributed by atoms with Crippen LogP contribution in [0.4, 0.5) is 4.79 Å². The molecule has 0 radical (unpaired) electrons. The van der Waals surface area contributed by atoms with Gasteiger partial charge in [-0.2, -0.15) is 0 Å². The van der Waals surface area contributed by atoms with E-state index >= 15 is 0 Å². The van der Waals surface area contributed by atoms with E-state index < -0.39 is 5.60 Å². The molecule has 21 heavy (non-hydrogen) atoms. The third kappa shape index (κ3) is 3.88. The van der Waals surface area contributed by atoms with Gasteiger partial charge in [-0.25, -0.2) is 4.79 Å². The highest BCUT2D eigenvalue weighted by atomic mass is 16.3. The molecule has 1 unspecified atom stereocenters. The van der Waals surface area contributed by atoms with Crippen LogP contribution in [0.25, 0.3) is 0 Å². The average Bonchev–Trinajstić information content (AvgIpc) is 3.04. The average molecular weight is 292 g/mol. The fourth-order valence-electron chi connectivity index (χ4n) is 2.16. The molecule has 0 saturated carbocycles. The largest absolute Gasteiger partial charge is 0.467 e. The number of furan rings is 2. The molecule has 0 bridgehead atoms. The first kappa shape index (κ1) is 15.2. The minimum absolute atomic E-state index is 0.0802. The molecule has 0 spiro atoms. The van der Waals surface area contributed by atoms with Gasteiger partial charge in [-0.15, -0.1) is 0 Å². The quantitative estimate of drug-likeness (QED) is 0.788. The van der Waals surface area contributed by atoms with Crippen LogP contribution in [0.15, 0.2) is 33.3 Å². The summed E-state index contributed by atoms with van der Waals surface area (Å²) in [6, 6.07) is 4.93. The van der Waals surface area contributed by atoms with Crippen LogP contribution in [-0.2, 0) is 12.1 Å². The molecule has 1 atom stereocenters. The molecular weight excluding hydrogens is 272 g/mol. The van der Waals surface area contributed by atoms with Gasteiger partial charge in [-0.05, 0) is 39.0 Å². The highest BCUT2D eigenvalue weighted by Gasteiger charge is 2.28. The van der Waals surface area contributed by atoms with Gasteiger partial charge in [0.25, 0.3) is 0 Å². The van der Waals surface area contributed by atoms with Crippen molar-refractivity contribution in [3.63, 3.8) is 0 Å². The Hall–Kier alpha value is -2.21. The van der Waals surface area contributed by atoms with Crippen molar-refractivity contribution in [3.05, 3.63) is 47.3 Å². The van der Waals surface area contributed by atoms with Gasteiger partial charge < -0.3 is 24.6 Å². The monoisotopic (exact) mass is 292 g/mol. The Morgan fingerprint density at radius 3 is 2.71 bits per heavy atom. The van der Waals surface area contributed by atoms with E-state index in [1.54, 1.807) is 38.3 Å². The second-order valence-electron chi connectivity index (χ2n) is 5.22. The Morgan fingerprint density at radius 2 is 2.14 bits per heavy atom. The summed E-state index contributed by atoms with van der Waals surface area (Å²) in [4.78, 5) is 11.7. The van der Waals surface area contributed by atoms with E-state index in [-0.39, 0.29) is 12.6 Å². The number of amides is 2. The molecule has 114 valence electrons. The van der Waals surface area contributed by atoms with E-state index in [9.17, 15) is 9.90 Å². The fourth-order valence-corrected chi connectivity index (χ4v) is 2.16. The maximum absolute atomic E-state index is 11.7. The van der Waals surface area contributed by atoms with Crippen LogP contribution >= 0.6 is 0 Å². The third-order valence-electron chi connectivity index (χ3n) is 3.22. The molecule has 6 heteroatoms. The molecule has 2 aromatic heterocycles. The number of aliphatic hydroxyl groups is 1. The van der Waals surface area contributed by atoms with Crippen molar-refractivity contribution in [1.29, 1.82) is 0 Å². The Balaban J connectivity index is 1.86. The van der Waals surface area contributed by atoms with Crippen LogP contribution in [-0.4, -0.2) is 17.7 Å². The molecular formula is C15H20N2O4. The van der Waals surface area contributed by atoms with Gasteiger partial charge in [-0.3, -0.25) is 0 Å². The van der Waals surface area contributed by atoms with Gasteiger partial charge in [0.15, 0.2) is 0 Å². The summed E-state index contributed by atoms with van der Waals surface area (Å²) in [6.07, 6.45) is 1.55. The number of urea groups is 1. The molecule has 2 amide bonds. The smallest absolute Gasteiger partial charge is 0.315 e. The van der Waals surface area contributed by atoms with E-state index in [1.807, 2.05) is 6.92 Å². The van der Waals surface area contributed by atoms with Crippen molar-refractivity contribution in [2.45, 2.75) is 32.9 Å². The van der Waals surface area contributed by atoms with Crippen LogP contribution < -0.4 is 10.6 Å². The summed E-state index contributed by atoms with van der Waals surface area (Å²) in [6.45, 7) is 5.61. The summed E-state index contributed by atoms with van der Waals surface area (Å²) in [7, 11) is 0. The maximum atomic E-state index is 11.7. The Morgan fingerprint density at radius 1 is 1.38 bits per heavy atom. The van der Waals surface area contributed by atoms with Gasteiger partial charge >= 0.3 is 6.03 Å². The van der Waals surface area contributed by atoms with E-state index in [0.717, 1.165) is 5.76 Å². The number of aryl methyl sites for hydroxylation is 2. The Labute approximate surface area is 123 Å². The number of hydrogen-bond acceptors (Lipinski definition) is 4. The molecule has 6 nitrogen and oxygen atoms in total. The molecule has 2 aromatic rings.